The Balaban J connectivity index is 2.41. The van der Waals surface area contributed by atoms with Crippen molar-refractivity contribution in [3.63, 3.8) is 0 Å². The molecule has 7 nitrogen and oxygen atoms in total. The van der Waals surface area contributed by atoms with Gasteiger partial charge in [0.15, 0.2) is 0 Å². The van der Waals surface area contributed by atoms with Gasteiger partial charge in [0.2, 0.25) is 0 Å². The largest absolute Gasteiger partial charge is 0.350 e. The quantitative estimate of drug-likeness (QED) is 0.276. The van der Waals surface area contributed by atoms with E-state index in [2.05, 4.69) is 52.8 Å². The predicted octanol–water partition coefficient (Wildman–Crippen LogP) is 5.25. The zero-order valence-corrected chi connectivity index (χ0v) is 20.4. The highest BCUT2D eigenvalue weighted by atomic mass is 79.9. The Hall–Kier alpha value is -2.23. The molecule has 2 rings (SSSR count). The number of carbonyl (C=O) groups is 2. The second kappa shape index (κ2) is 10.7. The van der Waals surface area contributed by atoms with Crippen LogP contribution in [0.15, 0.2) is 46.7 Å². The van der Waals surface area contributed by atoms with Gasteiger partial charge in [0.05, 0.1) is 20.9 Å². The molecular weight excluding hydrogens is 538 g/mol. The number of carbonyl (C=O) groups excluding carboxylic acids is 2. The first kappa shape index (κ1) is 24.0. The number of anilines is 2. The van der Waals surface area contributed by atoms with Gasteiger partial charge in [-0.25, -0.2) is 4.98 Å². The van der Waals surface area contributed by atoms with Crippen LogP contribution in [-0.4, -0.2) is 27.5 Å². The Bertz CT molecular complexity index is 1020. The van der Waals surface area contributed by atoms with Crippen molar-refractivity contribution < 1.29 is 9.59 Å². The number of pyridine rings is 1. The van der Waals surface area contributed by atoms with Gasteiger partial charge in [0.25, 0.3) is 11.8 Å². The summed E-state index contributed by atoms with van der Waals surface area (Å²) in [4.78, 5) is 29.8. The van der Waals surface area contributed by atoms with Crippen LogP contribution in [0, 0.1) is 12.3 Å². The van der Waals surface area contributed by atoms with Gasteiger partial charge in [0, 0.05) is 16.7 Å². The molecule has 0 aliphatic carbocycles. The molecule has 0 bridgehead atoms. The minimum absolute atomic E-state index is 0.0232. The zero-order chi connectivity index (χ0) is 22.4. The normalized spacial score (nSPS) is 11.2. The fourth-order valence-corrected chi connectivity index (χ4v) is 3.47. The lowest BCUT2D eigenvalue weighted by Crippen LogP contribution is -2.31. The summed E-state index contributed by atoms with van der Waals surface area (Å²) >= 11 is 12.5. The summed E-state index contributed by atoms with van der Waals surface area (Å²) in [6.45, 7) is 5.49. The second-order valence-electron chi connectivity index (χ2n) is 6.59. The first-order valence-corrected chi connectivity index (χ1v) is 10.8. The maximum atomic E-state index is 13.0. The molecule has 0 fully saturated rings. The van der Waals surface area contributed by atoms with Gasteiger partial charge >= 0.3 is 0 Å². The summed E-state index contributed by atoms with van der Waals surface area (Å²) in [7, 11) is 0. The van der Waals surface area contributed by atoms with Gasteiger partial charge < -0.3 is 16.0 Å². The molecule has 1 aromatic heterocycles. The maximum absolute atomic E-state index is 13.0. The van der Waals surface area contributed by atoms with Crippen molar-refractivity contribution in [1.29, 1.82) is 5.41 Å². The SMILES string of the molecule is Cc1cc(Br)cc(C(=O)NC(C)C)c1NC(=O)/C(=C/C(=N)Br)Nc1ncccc1Cl. The fraction of sp³-hybridized carbons (Fsp3) is 0.200. The number of hydrogen-bond donors (Lipinski definition) is 4. The standard InChI is InChI=1S/C20H20Br2ClN5O2/c1-10(2)26-19(29)13-8-12(21)7-11(3)17(13)28-20(30)15(9-16(22)24)27-18-14(23)5-4-6-25-18/h4-10,24H,1-3H3,(H,25,27)(H,26,29)(H,28,30)/b15-9-,24-16?. The lowest BCUT2D eigenvalue weighted by molar-refractivity contribution is -0.112. The van der Waals surface area contributed by atoms with Gasteiger partial charge in [-0.05, 0) is 72.6 Å². The third kappa shape index (κ3) is 6.65. The Morgan fingerprint density at radius 1 is 1.27 bits per heavy atom. The van der Waals surface area contributed by atoms with Gasteiger partial charge in [0.1, 0.15) is 11.5 Å². The number of aromatic nitrogens is 1. The third-order valence-electron chi connectivity index (χ3n) is 3.73. The molecule has 30 heavy (non-hydrogen) atoms. The van der Waals surface area contributed by atoms with Crippen LogP contribution >= 0.6 is 43.5 Å². The minimum atomic E-state index is -0.565. The molecule has 0 spiro atoms. The van der Waals surface area contributed by atoms with E-state index >= 15 is 0 Å². The Morgan fingerprint density at radius 3 is 2.57 bits per heavy atom. The third-order valence-corrected chi connectivity index (χ3v) is 4.72. The minimum Gasteiger partial charge on any atom is -0.350 e. The van der Waals surface area contributed by atoms with Crippen LogP contribution in [0.2, 0.25) is 5.02 Å². The Morgan fingerprint density at radius 2 is 1.97 bits per heavy atom. The maximum Gasteiger partial charge on any atom is 0.272 e. The van der Waals surface area contributed by atoms with Crippen LogP contribution in [0.4, 0.5) is 11.5 Å². The molecule has 2 aromatic rings. The van der Waals surface area contributed by atoms with E-state index in [0.717, 1.165) is 0 Å². The Kier molecular flexibility index (Phi) is 8.57. The molecular formula is C20H20Br2ClN5O2. The summed E-state index contributed by atoms with van der Waals surface area (Å²) in [5, 5.41) is 16.4. The van der Waals surface area contributed by atoms with E-state index in [4.69, 9.17) is 17.0 Å². The summed E-state index contributed by atoms with van der Waals surface area (Å²) in [6, 6.07) is 6.64. The van der Waals surface area contributed by atoms with E-state index in [9.17, 15) is 9.59 Å². The summed E-state index contributed by atoms with van der Waals surface area (Å²) < 4.78 is 0.681. The van der Waals surface area contributed by atoms with E-state index in [1.54, 1.807) is 31.2 Å². The zero-order valence-electron chi connectivity index (χ0n) is 16.4. The molecule has 1 heterocycles. The van der Waals surface area contributed by atoms with E-state index in [0.29, 0.717) is 26.3 Å². The molecule has 2 amide bonds. The highest BCUT2D eigenvalue weighted by molar-refractivity contribution is 9.18. The van der Waals surface area contributed by atoms with Crippen LogP contribution in [0.5, 0.6) is 0 Å². The van der Waals surface area contributed by atoms with E-state index in [1.807, 2.05) is 13.8 Å². The number of allylic oxidation sites excluding steroid dienone is 1. The first-order chi connectivity index (χ1) is 14.1. The molecule has 10 heteroatoms. The van der Waals surface area contributed by atoms with Crippen molar-refractivity contribution in [1.82, 2.24) is 10.3 Å². The number of hydrogen-bond acceptors (Lipinski definition) is 5. The van der Waals surface area contributed by atoms with E-state index < -0.39 is 5.91 Å². The first-order valence-electron chi connectivity index (χ1n) is 8.84. The topological polar surface area (TPSA) is 107 Å². The number of nitrogens with one attached hydrogen (secondary N) is 4. The molecule has 0 aliphatic heterocycles. The highest BCUT2D eigenvalue weighted by Gasteiger charge is 2.20. The lowest BCUT2D eigenvalue weighted by atomic mass is 10.1. The number of rotatable bonds is 7. The molecule has 0 saturated heterocycles. The Labute approximate surface area is 196 Å². The molecule has 0 unspecified atom stereocenters. The molecule has 4 N–H and O–H groups in total. The van der Waals surface area contributed by atoms with Gasteiger partial charge in [-0.1, -0.05) is 27.5 Å². The molecule has 0 saturated carbocycles. The lowest BCUT2D eigenvalue weighted by Gasteiger charge is -2.17. The van der Waals surface area contributed by atoms with Crippen molar-refractivity contribution in [2.24, 2.45) is 0 Å². The van der Waals surface area contributed by atoms with Crippen LogP contribution in [0.25, 0.3) is 0 Å². The molecule has 158 valence electrons. The van der Waals surface area contributed by atoms with Gasteiger partial charge in [-0.3, -0.25) is 15.0 Å². The average Bonchev–Trinajstić information content (AvgIpc) is 2.63. The number of aryl methyl sites for hydroxylation is 1. The highest BCUT2D eigenvalue weighted by Crippen LogP contribution is 2.27. The number of amides is 2. The van der Waals surface area contributed by atoms with Crippen molar-refractivity contribution in [3.05, 3.63) is 62.9 Å². The fourth-order valence-electron chi connectivity index (χ4n) is 2.50. The van der Waals surface area contributed by atoms with Crippen LogP contribution < -0.4 is 16.0 Å². The van der Waals surface area contributed by atoms with Crippen LogP contribution in [0.3, 0.4) is 0 Å². The summed E-state index contributed by atoms with van der Waals surface area (Å²) in [6.07, 6.45) is 2.80. The molecule has 0 atom stereocenters. The van der Waals surface area contributed by atoms with Gasteiger partial charge in [-0.15, -0.1) is 0 Å². The van der Waals surface area contributed by atoms with Crippen LogP contribution in [-0.2, 0) is 4.79 Å². The number of benzene rings is 1. The van der Waals surface area contributed by atoms with Crippen molar-refractivity contribution in [2.45, 2.75) is 26.8 Å². The van der Waals surface area contributed by atoms with E-state index in [-0.39, 0.29) is 28.1 Å². The summed E-state index contributed by atoms with van der Waals surface area (Å²) in [5.74, 6) is -0.617. The molecule has 0 aliphatic rings. The van der Waals surface area contributed by atoms with E-state index in [1.165, 1.54) is 12.3 Å². The smallest absolute Gasteiger partial charge is 0.272 e. The van der Waals surface area contributed by atoms with Crippen LogP contribution in [0.1, 0.15) is 29.8 Å². The molecule has 1 aromatic carbocycles. The average molecular weight is 558 g/mol. The van der Waals surface area contributed by atoms with Crippen molar-refractivity contribution >= 4 is 71.4 Å². The number of nitrogens with zero attached hydrogens (tertiary/aromatic N) is 1. The van der Waals surface area contributed by atoms with Crippen molar-refractivity contribution in [2.75, 3.05) is 10.6 Å². The second-order valence-corrected chi connectivity index (χ2v) is 8.77. The monoisotopic (exact) mass is 555 g/mol. The van der Waals surface area contributed by atoms with Crippen molar-refractivity contribution in [3.8, 4) is 0 Å². The molecule has 0 radical (unpaired) electrons. The van der Waals surface area contributed by atoms with Gasteiger partial charge in [-0.2, -0.15) is 0 Å². The predicted molar refractivity (Wildman–Crippen MR) is 128 cm³/mol. The number of halogens is 3. The summed E-state index contributed by atoms with van der Waals surface area (Å²) in [5.41, 5.74) is 1.39.